The number of halogens is 3. The molecule has 2 aromatic rings. The van der Waals surface area contributed by atoms with Gasteiger partial charge in [-0.15, -0.1) is 0 Å². The van der Waals surface area contributed by atoms with Crippen LogP contribution in [-0.2, 0) is 6.54 Å². The third-order valence-electron chi connectivity index (χ3n) is 2.52. The van der Waals surface area contributed by atoms with Gasteiger partial charge in [0.15, 0.2) is 0 Å². The molecule has 0 atom stereocenters. The summed E-state index contributed by atoms with van der Waals surface area (Å²) in [6, 6.07) is 7.40. The molecule has 2 aromatic carbocycles. The van der Waals surface area contributed by atoms with Crippen LogP contribution in [-0.4, -0.2) is 0 Å². The molecule has 0 aromatic heterocycles. The maximum absolute atomic E-state index is 13.3. The number of para-hydroxylation sites is 1. The molecule has 5 heteroatoms. The van der Waals surface area contributed by atoms with E-state index in [0.717, 1.165) is 12.1 Å². The zero-order chi connectivity index (χ0) is 13.1. The molecule has 3 N–H and O–H groups in total. The quantitative estimate of drug-likeness (QED) is 0.822. The summed E-state index contributed by atoms with van der Waals surface area (Å²) in [7, 11) is 0. The van der Waals surface area contributed by atoms with E-state index in [1.54, 1.807) is 0 Å². The average Bonchev–Trinajstić information content (AvgIpc) is 2.33. The minimum atomic E-state index is -0.704. The van der Waals surface area contributed by atoms with Gasteiger partial charge in [-0.3, -0.25) is 0 Å². The van der Waals surface area contributed by atoms with Gasteiger partial charge < -0.3 is 11.1 Å². The van der Waals surface area contributed by atoms with E-state index >= 15 is 0 Å². The van der Waals surface area contributed by atoms with Crippen molar-refractivity contribution in [1.29, 1.82) is 0 Å². The van der Waals surface area contributed by atoms with E-state index in [-0.39, 0.29) is 12.2 Å². The maximum atomic E-state index is 13.3. The molecule has 0 unspecified atom stereocenters. The standard InChI is InChI=1S/C13H11F3N2/c14-9-4-5-12(17)8(6-9)7-18-13-10(15)2-1-3-11(13)16/h1-6,18H,7,17H2. The molecule has 94 valence electrons. The van der Waals surface area contributed by atoms with Crippen molar-refractivity contribution in [3.05, 3.63) is 59.4 Å². The van der Waals surface area contributed by atoms with Crippen LogP contribution in [0.2, 0.25) is 0 Å². The van der Waals surface area contributed by atoms with Gasteiger partial charge in [-0.25, -0.2) is 13.2 Å². The van der Waals surface area contributed by atoms with Crippen LogP contribution in [0.5, 0.6) is 0 Å². The van der Waals surface area contributed by atoms with Gasteiger partial charge in [-0.1, -0.05) is 6.07 Å². The van der Waals surface area contributed by atoms with Crippen LogP contribution in [0, 0.1) is 17.5 Å². The minimum absolute atomic E-state index is 0.0431. The minimum Gasteiger partial charge on any atom is -0.398 e. The molecular weight excluding hydrogens is 241 g/mol. The van der Waals surface area contributed by atoms with Crippen molar-refractivity contribution in [2.75, 3.05) is 11.1 Å². The van der Waals surface area contributed by atoms with Crippen molar-refractivity contribution in [2.24, 2.45) is 0 Å². The van der Waals surface area contributed by atoms with Crippen molar-refractivity contribution in [2.45, 2.75) is 6.54 Å². The summed E-state index contributed by atoms with van der Waals surface area (Å²) in [6.45, 7) is 0.0431. The maximum Gasteiger partial charge on any atom is 0.149 e. The van der Waals surface area contributed by atoms with Crippen LogP contribution >= 0.6 is 0 Å². The number of benzene rings is 2. The number of hydrogen-bond acceptors (Lipinski definition) is 2. The van der Waals surface area contributed by atoms with Gasteiger partial charge in [0.25, 0.3) is 0 Å². The molecular formula is C13H11F3N2. The Morgan fingerprint density at radius 2 is 1.67 bits per heavy atom. The van der Waals surface area contributed by atoms with E-state index in [1.807, 2.05) is 0 Å². The van der Waals surface area contributed by atoms with Gasteiger partial charge in [0.05, 0.1) is 0 Å². The zero-order valence-electron chi connectivity index (χ0n) is 9.38. The molecule has 0 fully saturated rings. The summed E-state index contributed by atoms with van der Waals surface area (Å²) in [4.78, 5) is 0. The molecule has 0 spiro atoms. The molecule has 0 radical (unpaired) electrons. The van der Waals surface area contributed by atoms with Crippen LogP contribution in [0.15, 0.2) is 36.4 Å². The normalized spacial score (nSPS) is 10.4. The second-order valence-electron chi connectivity index (χ2n) is 3.79. The fraction of sp³-hybridized carbons (Fsp3) is 0.0769. The van der Waals surface area contributed by atoms with Crippen LogP contribution in [0.3, 0.4) is 0 Å². The number of rotatable bonds is 3. The molecule has 0 amide bonds. The van der Waals surface area contributed by atoms with Crippen molar-refractivity contribution < 1.29 is 13.2 Å². The Morgan fingerprint density at radius 3 is 2.33 bits per heavy atom. The summed E-state index contributed by atoms with van der Waals surface area (Å²) >= 11 is 0. The average molecular weight is 252 g/mol. The van der Waals surface area contributed by atoms with Gasteiger partial charge in [0.2, 0.25) is 0 Å². The topological polar surface area (TPSA) is 38.0 Å². The summed E-state index contributed by atoms with van der Waals surface area (Å²) in [6.07, 6.45) is 0. The third kappa shape index (κ3) is 2.56. The number of anilines is 2. The highest BCUT2D eigenvalue weighted by atomic mass is 19.1. The lowest BCUT2D eigenvalue weighted by Crippen LogP contribution is -2.06. The summed E-state index contributed by atoms with van der Waals surface area (Å²) in [5, 5.41) is 2.57. The number of nitrogen functional groups attached to an aromatic ring is 1. The lowest BCUT2D eigenvalue weighted by atomic mass is 10.1. The largest absolute Gasteiger partial charge is 0.398 e. The van der Waals surface area contributed by atoms with E-state index < -0.39 is 17.5 Å². The molecule has 0 saturated heterocycles. The Hall–Kier alpha value is -2.17. The van der Waals surface area contributed by atoms with E-state index in [2.05, 4.69) is 5.32 Å². The Balaban J connectivity index is 2.19. The molecule has 2 nitrogen and oxygen atoms in total. The molecule has 2 rings (SSSR count). The van der Waals surface area contributed by atoms with E-state index in [4.69, 9.17) is 5.73 Å². The first-order valence-corrected chi connectivity index (χ1v) is 5.29. The Morgan fingerprint density at radius 1 is 1.00 bits per heavy atom. The molecule has 0 aliphatic heterocycles. The van der Waals surface area contributed by atoms with Crippen LogP contribution in [0.4, 0.5) is 24.5 Å². The van der Waals surface area contributed by atoms with E-state index in [1.165, 1.54) is 24.3 Å². The highest BCUT2D eigenvalue weighted by Crippen LogP contribution is 2.20. The molecule has 0 aliphatic rings. The second-order valence-corrected chi connectivity index (χ2v) is 3.79. The fourth-order valence-electron chi connectivity index (χ4n) is 1.58. The van der Waals surface area contributed by atoms with Gasteiger partial charge >= 0.3 is 0 Å². The first kappa shape index (κ1) is 12.3. The predicted molar refractivity (Wildman–Crippen MR) is 64.5 cm³/mol. The van der Waals surface area contributed by atoms with Crippen LogP contribution < -0.4 is 11.1 Å². The summed E-state index contributed by atoms with van der Waals surface area (Å²) < 4.78 is 39.7. The first-order valence-electron chi connectivity index (χ1n) is 5.29. The summed E-state index contributed by atoms with van der Waals surface area (Å²) in [5.41, 5.74) is 6.19. The van der Waals surface area contributed by atoms with Crippen molar-refractivity contribution >= 4 is 11.4 Å². The smallest absolute Gasteiger partial charge is 0.149 e. The number of hydrogen-bond donors (Lipinski definition) is 2. The molecule has 0 saturated carbocycles. The van der Waals surface area contributed by atoms with Crippen molar-refractivity contribution in [3.63, 3.8) is 0 Å². The van der Waals surface area contributed by atoms with Gasteiger partial charge in [0, 0.05) is 12.2 Å². The second kappa shape index (κ2) is 5.00. The Bertz CT molecular complexity index is 550. The number of nitrogens with one attached hydrogen (secondary N) is 1. The Kier molecular flexibility index (Phi) is 3.41. The monoisotopic (exact) mass is 252 g/mol. The highest BCUT2D eigenvalue weighted by molar-refractivity contribution is 5.51. The first-order chi connectivity index (χ1) is 8.58. The van der Waals surface area contributed by atoms with Gasteiger partial charge in [-0.05, 0) is 35.9 Å². The SMILES string of the molecule is Nc1ccc(F)cc1CNc1c(F)cccc1F. The van der Waals surface area contributed by atoms with Gasteiger partial charge in [-0.2, -0.15) is 0 Å². The van der Waals surface area contributed by atoms with Crippen molar-refractivity contribution in [1.82, 2.24) is 0 Å². The third-order valence-corrected chi connectivity index (χ3v) is 2.52. The van der Waals surface area contributed by atoms with Crippen LogP contribution in [0.1, 0.15) is 5.56 Å². The summed E-state index contributed by atoms with van der Waals surface area (Å²) in [5.74, 6) is -1.86. The molecule has 0 bridgehead atoms. The molecule has 0 aliphatic carbocycles. The Labute approximate surface area is 102 Å². The van der Waals surface area contributed by atoms with E-state index in [0.29, 0.717) is 11.3 Å². The zero-order valence-corrected chi connectivity index (χ0v) is 9.38. The molecule has 0 heterocycles. The highest BCUT2D eigenvalue weighted by Gasteiger charge is 2.08. The van der Waals surface area contributed by atoms with E-state index in [9.17, 15) is 13.2 Å². The fourth-order valence-corrected chi connectivity index (χ4v) is 1.58. The molecule has 18 heavy (non-hydrogen) atoms. The number of nitrogens with two attached hydrogens (primary N) is 1. The predicted octanol–water partition coefficient (Wildman–Crippen LogP) is 3.30. The van der Waals surface area contributed by atoms with Gasteiger partial charge in [0.1, 0.15) is 23.1 Å². The van der Waals surface area contributed by atoms with Crippen LogP contribution in [0.25, 0.3) is 0 Å². The lowest BCUT2D eigenvalue weighted by Gasteiger charge is -2.10. The lowest BCUT2D eigenvalue weighted by molar-refractivity contribution is 0.588. The van der Waals surface area contributed by atoms with Crippen molar-refractivity contribution in [3.8, 4) is 0 Å².